The summed E-state index contributed by atoms with van der Waals surface area (Å²) in [7, 11) is 0. The van der Waals surface area contributed by atoms with Crippen LogP contribution in [0.5, 0.6) is 0 Å². The number of pyridine rings is 1. The lowest BCUT2D eigenvalue weighted by molar-refractivity contribution is -0.114. The molecule has 0 bridgehead atoms. The van der Waals surface area contributed by atoms with Crippen molar-refractivity contribution in [2.45, 2.75) is 39.5 Å². The second-order valence-electron chi connectivity index (χ2n) is 6.83. The van der Waals surface area contributed by atoms with Crippen molar-refractivity contribution in [3.05, 3.63) is 40.7 Å². The van der Waals surface area contributed by atoms with Gasteiger partial charge in [-0.1, -0.05) is 6.07 Å². The minimum absolute atomic E-state index is 0.139. The number of nitrogens with zero attached hydrogens (tertiary/aromatic N) is 3. The number of aromatic nitrogens is 1. The zero-order valence-electron chi connectivity index (χ0n) is 16.0. The van der Waals surface area contributed by atoms with Gasteiger partial charge in [0, 0.05) is 24.5 Å². The van der Waals surface area contributed by atoms with E-state index in [1.165, 1.54) is 13.8 Å². The molecule has 3 heterocycles. The van der Waals surface area contributed by atoms with Crippen molar-refractivity contribution in [1.82, 2.24) is 4.98 Å². The fourth-order valence-corrected chi connectivity index (χ4v) is 3.46. The fraction of sp³-hybridized carbons (Fsp3) is 0.381. The molecule has 2 N–H and O–H groups in total. The molecule has 0 amide bonds. The fourth-order valence-electron chi connectivity index (χ4n) is 3.46. The van der Waals surface area contributed by atoms with E-state index in [0.717, 1.165) is 12.8 Å². The number of carbonyl (C=O) groups is 2. The zero-order valence-corrected chi connectivity index (χ0v) is 16.0. The predicted octanol–water partition coefficient (Wildman–Crippen LogP) is 3.27. The van der Waals surface area contributed by atoms with Crippen LogP contribution in [0, 0.1) is 0 Å². The van der Waals surface area contributed by atoms with Gasteiger partial charge in [0.25, 0.3) is 0 Å². The number of aliphatic hydroxyl groups is 2. The molecule has 1 aromatic rings. The topological polar surface area (TPSA) is 112 Å². The molecule has 0 fully saturated rings. The van der Waals surface area contributed by atoms with Crippen LogP contribution in [0.4, 0.5) is 0 Å². The highest BCUT2D eigenvalue weighted by atomic mass is 16.3. The minimum Gasteiger partial charge on any atom is -0.505 e. The summed E-state index contributed by atoms with van der Waals surface area (Å²) < 4.78 is 0. The number of carbonyl (C=O) groups excluding carboxylic acids is 2. The molecule has 7 nitrogen and oxygen atoms in total. The van der Waals surface area contributed by atoms with Crippen LogP contribution in [0.2, 0.25) is 0 Å². The van der Waals surface area contributed by atoms with Crippen LogP contribution in [0.15, 0.2) is 39.3 Å². The number of aliphatic hydroxyl groups excluding tert-OH is 2. The van der Waals surface area contributed by atoms with E-state index in [1.807, 2.05) is 0 Å². The summed E-state index contributed by atoms with van der Waals surface area (Å²) in [5, 5.41) is 21.4. The Bertz CT molecular complexity index is 881. The Kier molecular flexibility index (Phi) is 5.82. The first-order valence-electron chi connectivity index (χ1n) is 9.33. The first kappa shape index (κ1) is 19.7. The van der Waals surface area contributed by atoms with Crippen LogP contribution in [0.25, 0.3) is 11.5 Å². The highest BCUT2D eigenvalue weighted by Gasteiger charge is 2.24. The Hall–Kier alpha value is -3.09. The van der Waals surface area contributed by atoms with E-state index in [0.29, 0.717) is 37.4 Å². The monoisotopic (exact) mass is 381 g/mol. The molecule has 1 aromatic heterocycles. The Morgan fingerprint density at radius 1 is 0.821 bits per heavy atom. The van der Waals surface area contributed by atoms with Gasteiger partial charge in [-0.2, -0.15) is 0 Å². The van der Waals surface area contributed by atoms with E-state index in [4.69, 9.17) is 0 Å². The number of aliphatic imine (C=N–C) groups is 2. The summed E-state index contributed by atoms with van der Waals surface area (Å²) in [5.74, 6) is -1.14. The van der Waals surface area contributed by atoms with Gasteiger partial charge in [0.1, 0.15) is 11.4 Å². The molecule has 2 aliphatic rings. The third-order valence-corrected chi connectivity index (χ3v) is 4.74. The number of rotatable bonds is 6. The number of hydrogen-bond donors (Lipinski definition) is 2. The van der Waals surface area contributed by atoms with Crippen LogP contribution >= 0.6 is 0 Å². The molecule has 146 valence electrons. The molecule has 7 heteroatoms. The van der Waals surface area contributed by atoms with Gasteiger partial charge in [-0.05, 0) is 51.7 Å². The molecule has 0 saturated heterocycles. The molecule has 0 spiro atoms. The minimum atomic E-state index is -0.296. The number of hydrogen-bond acceptors (Lipinski definition) is 7. The SMILES string of the molecule is CC(=O)/C(C1=NCCC1)=C(/O)c1cccc(/C(O)=C(\C(C)=O)C2=NCCC2)n1. The second kappa shape index (κ2) is 8.29. The van der Waals surface area contributed by atoms with E-state index in [-0.39, 0.29) is 45.6 Å². The first-order valence-corrected chi connectivity index (χ1v) is 9.33. The maximum Gasteiger partial charge on any atom is 0.165 e. The lowest BCUT2D eigenvalue weighted by Crippen LogP contribution is -2.13. The number of ketones is 2. The standard InChI is InChI=1S/C21H23N3O4/c1-12(25)18(14-8-4-10-22-14)20(27)16-6-3-7-17(24-16)21(28)19(13(2)26)15-9-5-11-23-15/h3,6-7,27-28H,4-5,8-11H2,1-2H3/b20-18-,21-19-. The quantitative estimate of drug-likeness (QED) is 0.580. The molecule has 3 rings (SSSR count). The van der Waals surface area contributed by atoms with Crippen molar-refractivity contribution in [1.29, 1.82) is 0 Å². The third kappa shape index (κ3) is 3.93. The molecule has 2 aliphatic heterocycles. The lowest BCUT2D eigenvalue weighted by Gasteiger charge is -2.11. The first-order chi connectivity index (χ1) is 13.4. The van der Waals surface area contributed by atoms with E-state index in [1.54, 1.807) is 18.2 Å². The van der Waals surface area contributed by atoms with Gasteiger partial charge in [-0.25, -0.2) is 4.98 Å². The third-order valence-electron chi connectivity index (χ3n) is 4.74. The molecule has 0 radical (unpaired) electrons. The molecule has 0 unspecified atom stereocenters. The maximum atomic E-state index is 12.1. The van der Waals surface area contributed by atoms with Crippen molar-refractivity contribution in [2.24, 2.45) is 9.98 Å². The van der Waals surface area contributed by atoms with Crippen LogP contribution < -0.4 is 0 Å². The highest BCUT2D eigenvalue weighted by Crippen LogP contribution is 2.25. The Morgan fingerprint density at radius 2 is 1.25 bits per heavy atom. The van der Waals surface area contributed by atoms with Gasteiger partial charge >= 0.3 is 0 Å². The van der Waals surface area contributed by atoms with Crippen molar-refractivity contribution in [3.63, 3.8) is 0 Å². The van der Waals surface area contributed by atoms with Gasteiger partial charge < -0.3 is 10.2 Å². The van der Waals surface area contributed by atoms with Gasteiger partial charge in [-0.3, -0.25) is 19.6 Å². The summed E-state index contributed by atoms with van der Waals surface area (Å²) in [4.78, 5) is 37.1. The molecule has 0 aromatic carbocycles. The Labute approximate surface area is 163 Å². The van der Waals surface area contributed by atoms with E-state index in [9.17, 15) is 19.8 Å². The van der Waals surface area contributed by atoms with Crippen molar-refractivity contribution in [3.8, 4) is 0 Å². The second-order valence-corrected chi connectivity index (χ2v) is 6.83. The summed E-state index contributed by atoms with van der Waals surface area (Å²) in [6.07, 6.45) is 2.91. The Morgan fingerprint density at radius 3 is 1.57 bits per heavy atom. The van der Waals surface area contributed by atoms with E-state index in [2.05, 4.69) is 15.0 Å². The van der Waals surface area contributed by atoms with Gasteiger partial charge in [-0.15, -0.1) is 0 Å². The van der Waals surface area contributed by atoms with Crippen LogP contribution in [-0.4, -0.2) is 51.3 Å². The highest BCUT2D eigenvalue weighted by molar-refractivity contribution is 6.26. The van der Waals surface area contributed by atoms with Crippen molar-refractivity contribution >= 4 is 34.5 Å². The summed E-state index contributed by atoms with van der Waals surface area (Å²) in [6.45, 7) is 4.00. The number of allylic oxidation sites excluding steroid dienone is 2. The van der Waals surface area contributed by atoms with Gasteiger partial charge in [0.05, 0.1) is 11.1 Å². The molecule has 0 aliphatic carbocycles. The lowest BCUT2D eigenvalue weighted by atomic mass is 10.00. The van der Waals surface area contributed by atoms with E-state index < -0.39 is 0 Å². The molecule has 0 saturated carbocycles. The van der Waals surface area contributed by atoms with Crippen LogP contribution in [0.1, 0.15) is 50.9 Å². The molecule has 28 heavy (non-hydrogen) atoms. The average Bonchev–Trinajstić information content (AvgIpc) is 3.36. The zero-order chi connectivity index (χ0) is 20.3. The van der Waals surface area contributed by atoms with Gasteiger partial charge in [0.15, 0.2) is 23.1 Å². The molecular weight excluding hydrogens is 358 g/mol. The summed E-state index contributed by atoms with van der Waals surface area (Å²) in [6, 6.07) is 4.70. The molecule has 0 atom stereocenters. The summed E-state index contributed by atoms with van der Waals surface area (Å²) >= 11 is 0. The summed E-state index contributed by atoms with van der Waals surface area (Å²) in [5.41, 5.74) is 1.72. The largest absolute Gasteiger partial charge is 0.505 e. The van der Waals surface area contributed by atoms with Crippen LogP contribution in [-0.2, 0) is 9.59 Å². The van der Waals surface area contributed by atoms with Crippen molar-refractivity contribution in [2.75, 3.05) is 13.1 Å². The number of Topliss-reactive ketones (excluding diaryl/α,β-unsaturated/α-hetero) is 2. The maximum absolute atomic E-state index is 12.1. The smallest absolute Gasteiger partial charge is 0.165 e. The average molecular weight is 381 g/mol. The Balaban J connectivity index is 2.08. The van der Waals surface area contributed by atoms with Crippen LogP contribution in [0.3, 0.4) is 0 Å². The van der Waals surface area contributed by atoms with Gasteiger partial charge in [0.2, 0.25) is 0 Å². The van der Waals surface area contributed by atoms with E-state index >= 15 is 0 Å². The predicted molar refractivity (Wildman–Crippen MR) is 108 cm³/mol. The normalized spacial score (nSPS) is 18.2. The van der Waals surface area contributed by atoms with Crippen molar-refractivity contribution < 1.29 is 19.8 Å². The molecular formula is C21H23N3O4.